The van der Waals surface area contributed by atoms with Crippen molar-refractivity contribution in [3.8, 4) is 0 Å². The number of hydrogen-bond donors (Lipinski definition) is 1. The molecule has 2 nitrogen and oxygen atoms in total. The number of unbranched alkanes of at least 4 members (excludes halogenated alkanes) is 6. The minimum Gasteiger partial charge on any atom is -0.376 e. The Hall–Kier alpha value is -0.0800. The van der Waals surface area contributed by atoms with Crippen LogP contribution in [0, 0.1) is 5.92 Å². The van der Waals surface area contributed by atoms with Gasteiger partial charge in [0.25, 0.3) is 0 Å². The Labute approximate surface area is 120 Å². The number of nitrogens with one attached hydrogen (secondary N) is 1. The molecule has 1 heterocycles. The summed E-state index contributed by atoms with van der Waals surface area (Å²) in [6.45, 7) is 8.85. The van der Waals surface area contributed by atoms with Crippen LogP contribution in [0.1, 0.15) is 78.6 Å². The first kappa shape index (κ1) is 17.0. The van der Waals surface area contributed by atoms with E-state index < -0.39 is 0 Å². The van der Waals surface area contributed by atoms with Gasteiger partial charge in [0.1, 0.15) is 0 Å². The first-order valence-corrected chi connectivity index (χ1v) is 8.64. The molecule has 0 saturated carbocycles. The molecule has 3 unspecified atom stereocenters. The summed E-state index contributed by atoms with van der Waals surface area (Å²) in [4.78, 5) is 0. The van der Waals surface area contributed by atoms with Crippen molar-refractivity contribution in [1.29, 1.82) is 0 Å². The van der Waals surface area contributed by atoms with Crippen molar-refractivity contribution < 1.29 is 4.74 Å². The quantitative estimate of drug-likeness (QED) is 0.556. The second-order valence-electron chi connectivity index (χ2n) is 6.18. The van der Waals surface area contributed by atoms with E-state index >= 15 is 0 Å². The van der Waals surface area contributed by atoms with E-state index in [9.17, 15) is 0 Å². The SMILES string of the molecule is CCCCCCCCCC(NCC)C1OCCC1C. The fraction of sp³-hybridized carbons (Fsp3) is 1.00. The number of likely N-dealkylation sites (N-methyl/N-ethyl adjacent to an activating group) is 1. The lowest BCUT2D eigenvalue weighted by Crippen LogP contribution is -2.42. The van der Waals surface area contributed by atoms with Gasteiger partial charge < -0.3 is 10.1 Å². The van der Waals surface area contributed by atoms with E-state index in [2.05, 4.69) is 26.1 Å². The highest BCUT2D eigenvalue weighted by Gasteiger charge is 2.30. The van der Waals surface area contributed by atoms with E-state index in [4.69, 9.17) is 4.74 Å². The zero-order chi connectivity index (χ0) is 13.9. The maximum absolute atomic E-state index is 5.93. The van der Waals surface area contributed by atoms with Crippen molar-refractivity contribution in [3.05, 3.63) is 0 Å². The van der Waals surface area contributed by atoms with Crippen LogP contribution in [-0.2, 0) is 4.74 Å². The predicted octanol–water partition coefficient (Wildman–Crippen LogP) is 4.53. The third-order valence-corrected chi connectivity index (χ3v) is 4.43. The Bertz CT molecular complexity index is 207. The van der Waals surface area contributed by atoms with E-state index in [-0.39, 0.29) is 0 Å². The molecule has 0 aromatic heterocycles. The molecule has 1 saturated heterocycles. The van der Waals surface area contributed by atoms with Crippen molar-refractivity contribution in [2.45, 2.75) is 90.7 Å². The molecule has 19 heavy (non-hydrogen) atoms. The molecule has 0 spiro atoms. The zero-order valence-electron chi connectivity index (χ0n) is 13.4. The lowest BCUT2D eigenvalue weighted by Gasteiger charge is -2.27. The molecule has 114 valence electrons. The third-order valence-electron chi connectivity index (χ3n) is 4.43. The van der Waals surface area contributed by atoms with Crippen molar-refractivity contribution in [3.63, 3.8) is 0 Å². The summed E-state index contributed by atoms with van der Waals surface area (Å²) in [5, 5.41) is 3.64. The Morgan fingerprint density at radius 2 is 1.74 bits per heavy atom. The molecule has 2 heteroatoms. The standard InChI is InChI=1S/C17H35NO/c1-4-6-7-8-9-10-11-12-16(18-5-2)17-15(3)13-14-19-17/h15-18H,4-14H2,1-3H3. The van der Waals surface area contributed by atoms with Crippen LogP contribution in [0.5, 0.6) is 0 Å². The molecule has 0 amide bonds. The molecule has 0 aliphatic carbocycles. The minimum atomic E-state index is 0.458. The van der Waals surface area contributed by atoms with E-state index in [1.165, 1.54) is 57.8 Å². The van der Waals surface area contributed by atoms with Gasteiger partial charge in [0, 0.05) is 12.6 Å². The van der Waals surface area contributed by atoms with E-state index in [0.717, 1.165) is 19.1 Å². The minimum absolute atomic E-state index is 0.458. The van der Waals surface area contributed by atoms with Crippen LogP contribution in [0.15, 0.2) is 0 Å². The van der Waals surface area contributed by atoms with Gasteiger partial charge in [0.15, 0.2) is 0 Å². The fourth-order valence-electron chi connectivity index (χ4n) is 3.20. The number of rotatable bonds is 11. The third kappa shape index (κ3) is 6.76. The van der Waals surface area contributed by atoms with Crippen molar-refractivity contribution >= 4 is 0 Å². The molecule has 1 aliphatic rings. The molecule has 1 rings (SSSR count). The molecule has 0 bridgehead atoms. The molecule has 0 radical (unpaired) electrons. The van der Waals surface area contributed by atoms with Gasteiger partial charge in [-0.15, -0.1) is 0 Å². The molecule has 1 aliphatic heterocycles. The molecule has 1 N–H and O–H groups in total. The number of ether oxygens (including phenoxy) is 1. The number of hydrogen-bond acceptors (Lipinski definition) is 2. The molecule has 0 aromatic rings. The van der Waals surface area contributed by atoms with E-state index in [1.807, 2.05) is 0 Å². The van der Waals surface area contributed by atoms with Crippen LogP contribution < -0.4 is 5.32 Å². The monoisotopic (exact) mass is 269 g/mol. The maximum Gasteiger partial charge on any atom is 0.0754 e. The normalized spacial score (nSPS) is 24.8. The van der Waals surface area contributed by atoms with Crippen molar-refractivity contribution in [2.75, 3.05) is 13.2 Å². The Kier molecular flexibility index (Phi) is 9.54. The smallest absolute Gasteiger partial charge is 0.0754 e. The highest BCUT2D eigenvalue weighted by molar-refractivity contribution is 4.84. The summed E-state index contributed by atoms with van der Waals surface area (Å²) in [6.07, 6.45) is 12.8. The summed E-state index contributed by atoms with van der Waals surface area (Å²) in [5.74, 6) is 0.730. The Morgan fingerprint density at radius 3 is 2.32 bits per heavy atom. The average Bonchev–Trinajstić information content (AvgIpc) is 2.82. The van der Waals surface area contributed by atoms with Gasteiger partial charge in [-0.25, -0.2) is 0 Å². The second kappa shape index (κ2) is 10.7. The molecule has 0 aromatic carbocycles. The first-order chi connectivity index (χ1) is 9.29. The molecule has 3 atom stereocenters. The maximum atomic E-state index is 5.93. The van der Waals surface area contributed by atoms with E-state index in [0.29, 0.717) is 12.1 Å². The summed E-state index contributed by atoms with van der Waals surface area (Å²) in [5.41, 5.74) is 0. The van der Waals surface area contributed by atoms with Crippen LogP contribution in [-0.4, -0.2) is 25.3 Å². The van der Waals surface area contributed by atoms with Crippen LogP contribution in [0.3, 0.4) is 0 Å². The van der Waals surface area contributed by atoms with Gasteiger partial charge in [-0.3, -0.25) is 0 Å². The van der Waals surface area contributed by atoms with Gasteiger partial charge in [0.05, 0.1) is 6.10 Å². The van der Waals surface area contributed by atoms with Crippen molar-refractivity contribution in [1.82, 2.24) is 5.32 Å². The highest BCUT2D eigenvalue weighted by Crippen LogP contribution is 2.25. The molecular weight excluding hydrogens is 234 g/mol. The van der Waals surface area contributed by atoms with Crippen LogP contribution in [0.25, 0.3) is 0 Å². The van der Waals surface area contributed by atoms with Gasteiger partial charge in [-0.05, 0) is 25.3 Å². The topological polar surface area (TPSA) is 21.3 Å². The summed E-state index contributed by atoms with van der Waals surface area (Å²) in [7, 11) is 0. The van der Waals surface area contributed by atoms with E-state index in [1.54, 1.807) is 0 Å². The molecular formula is C17H35NO. The van der Waals surface area contributed by atoms with Gasteiger partial charge in [-0.2, -0.15) is 0 Å². The van der Waals surface area contributed by atoms with Gasteiger partial charge >= 0.3 is 0 Å². The Morgan fingerprint density at radius 1 is 1.05 bits per heavy atom. The lowest BCUT2D eigenvalue weighted by atomic mass is 9.93. The van der Waals surface area contributed by atoms with Crippen LogP contribution in [0.2, 0.25) is 0 Å². The second-order valence-corrected chi connectivity index (χ2v) is 6.18. The van der Waals surface area contributed by atoms with Gasteiger partial charge in [-0.1, -0.05) is 65.7 Å². The zero-order valence-corrected chi connectivity index (χ0v) is 13.4. The lowest BCUT2D eigenvalue weighted by molar-refractivity contribution is 0.0579. The highest BCUT2D eigenvalue weighted by atomic mass is 16.5. The molecule has 1 fully saturated rings. The average molecular weight is 269 g/mol. The summed E-state index contributed by atoms with van der Waals surface area (Å²) in [6, 6.07) is 0.582. The fourth-order valence-corrected chi connectivity index (χ4v) is 3.20. The van der Waals surface area contributed by atoms with Gasteiger partial charge in [0.2, 0.25) is 0 Å². The largest absolute Gasteiger partial charge is 0.376 e. The summed E-state index contributed by atoms with van der Waals surface area (Å²) >= 11 is 0. The summed E-state index contributed by atoms with van der Waals surface area (Å²) < 4.78 is 5.93. The predicted molar refractivity (Wildman–Crippen MR) is 83.6 cm³/mol. The van der Waals surface area contributed by atoms with Crippen LogP contribution >= 0.6 is 0 Å². The Balaban J connectivity index is 2.12. The van der Waals surface area contributed by atoms with Crippen LogP contribution in [0.4, 0.5) is 0 Å². The van der Waals surface area contributed by atoms with Crippen molar-refractivity contribution in [2.24, 2.45) is 5.92 Å². The first-order valence-electron chi connectivity index (χ1n) is 8.64.